The molecule has 0 aliphatic carbocycles. The van der Waals surface area contributed by atoms with Crippen molar-refractivity contribution in [1.29, 1.82) is 0 Å². The first-order valence-corrected chi connectivity index (χ1v) is 12.3. The van der Waals surface area contributed by atoms with Crippen LogP contribution in [0.25, 0.3) is 10.9 Å². The number of rotatable bonds is 4. The summed E-state index contributed by atoms with van der Waals surface area (Å²) in [6, 6.07) is 6.91. The van der Waals surface area contributed by atoms with Crippen LogP contribution in [0.5, 0.6) is 0 Å². The Labute approximate surface area is 173 Å². The van der Waals surface area contributed by atoms with E-state index >= 15 is 0 Å². The first-order chi connectivity index (χ1) is 14.0. The standard InChI is InChI=1S/C22H31N3O3S/c1-18(22(26)23-12-5-4-6-13-23)25-16-11-19-17-20(9-10-21(19)25)29(27,28)24-14-7-2-3-8-15-24/h9-11,16-18H,2-8,12-15H2,1H3/t18-/m0/s1. The Morgan fingerprint density at radius 1 is 0.897 bits per heavy atom. The van der Waals surface area contributed by atoms with Crippen molar-refractivity contribution < 1.29 is 13.2 Å². The monoisotopic (exact) mass is 417 g/mol. The van der Waals surface area contributed by atoms with Crippen molar-refractivity contribution in [3.05, 3.63) is 30.5 Å². The fourth-order valence-corrected chi connectivity index (χ4v) is 6.12. The van der Waals surface area contributed by atoms with Crippen LogP contribution in [0.15, 0.2) is 35.4 Å². The number of sulfonamides is 1. The average Bonchev–Trinajstić information content (AvgIpc) is 2.96. The summed E-state index contributed by atoms with van der Waals surface area (Å²) in [6.45, 7) is 4.80. The van der Waals surface area contributed by atoms with Gasteiger partial charge in [0.2, 0.25) is 15.9 Å². The third-order valence-electron chi connectivity index (χ3n) is 6.34. The Morgan fingerprint density at radius 2 is 1.52 bits per heavy atom. The Kier molecular flexibility index (Phi) is 5.97. The molecule has 2 aliphatic heterocycles. The molecule has 2 aromatic rings. The van der Waals surface area contributed by atoms with Gasteiger partial charge in [0, 0.05) is 43.3 Å². The fourth-order valence-electron chi connectivity index (χ4n) is 4.57. The zero-order valence-electron chi connectivity index (χ0n) is 17.2. The van der Waals surface area contributed by atoms with Crippen molar-refractivity contribution in [3.8, 4) is 0 Å². The zero-order valence-corrected chi connectivity index (χ0v) is 18.0. The van der Waals surface area contributed by atoms with E-state index in [1.807, 2.05) is 34.7 Å². The molecule has 0 spiro atoms. The van der Waals surface area contributed by atoms with Crippen LogP contribution in [0.4, 0.5) is 0 Å². The summed E-state index contributed by atoms with van der Waals surface area (Å²) in [5.74, 6) is 0.142. The van der Waals surface area contributed by atoms with Crippen LogP contribution in [0.1, 0.15) is 57.9 Å². The molecule has 1 amide bonds. The lowest BCUT2D eigenvalue weighted by atomic mass is 10.1. The van der Waals surface area contributed by atoms with E-state index in [9.17, 15) is 13.2 Å². The van der Waals surface area contributed by atoms with Gasteiger partial charge in [-0.2, -0.15) is 4.31 Å². The summed E-state index contributed by atoms with van der Waals surface area (Å²) in [6.07, 6.45) is 9.28. The van der Waals surface area contributed by atoms with E-state index in [0.717, 1.165) is 62.5 Å². The molecule has 6 nitrogen and oxygen atoms in total. The molecule has 3 heterocycles. The molecule has 158 valence electrons. The number of hydrogen-bond donors (Lipinski definition) is 0. The van der Waals surface area contributed by atoms with Gasteiger partial charge in [0.15, 0.2) is 0 Å². The molecule has 0 radical (unpaired) electrons. The molecule has 1 aromatic carbocycles. The topological polar surface area (TPSA) is 62.6 Å². The smallest absolute Gasteiger partial charge is 0.245 e. The Bertz CT molecular complexity index is 968. The van der Waals surface area contributed by atoms with Crippen molar-refractivity contribution in [1.82, 2.24) is 13.8 Å². The van der Waals surface area contributed by atoms with Crippen molar-refractivity contribution in [2.24, 2.45) is 0 Å². The molecule has 1 aromatic heterocycles. The quantitative estimate of drug-likeness (QED) is 0.761. The number of fused-ring (bicyclic) bond motifs is 1. The van der Waals surface area contributed by atoms with Crippen molar-refractivity contribution in [3.63, 3.8) is 0 Å². The van der Waals surface area contributed by atoms with Crippen LogP contribution >= 0.6 is 0 Å². The van der Waals surface area contributed by atoms with E-state index in [2.05, 4.69) is 0 Å². The number of likely N-dealkylation sites (tertiary alicyclic amines) is 1. The highest BCUT2D eigenvalue weighted by atomic mass is 32.2. The third kappa shape index (κ3) is 4.08. The molecule has 29 heavy (non-hydrogen) atoms. The molecule has 2 aliphatic rings. The molecule has 0 saturated carbocycles. The maximum atomic E-state index is 13.1. The minimum atomic E-state index is -3.47. The molecule has 0 unspecified atom stereocenters. The van der Waals surface area contributed by atoms with Crippen molar-refractivity contribution >= 4 is 26.8 Å². The number of hydrogen-bond acceptors (Lipinski definition) is 3. The van der Waals surface area contributed by atoms with E-state index in [1.54, 1.807) is 16.4 Å². The number of amides is 1. The number of carbonyl (C=O) groups is 1. The van der Waals surface area contributed by atoms with Gasteiger partial charge < -0.3 is 9.47 Å². The summed E-state index contributed by atoms with van der Waals surface area (Å²) in [4.78, 5) is 15.2. The van der Waals surface area contributed by atoms with Crippen LogP contribution in [-0.4, -0.2) is 54.3 Å². The molecule has 2 fully saturated rings. The molecule has 2 saturated heterocycles. The molecule has 4 rings (SSSR count). The molecular weight excluding hydrogens is 386 g/mol. The first kappa shape index (κ1) is 20.4. The highest BCUT2D eigenvalue weighted by molar-refractivity contribution is 7.89. The van der Waals surface area contributed by atoms with E-state index in [0.29, 0.717) is 18.0 Å². The summed E-state index contributed by atoms with van der Waals surface area (Å²) < 4.78 is 29.8. The summed E-state index contributed by atoms with van der Waals surface area (Å²) >= 11 is 0. The number of piperidine rings is 1. The second-order valence-corrected chi connectivity index (χ2v) is 10.3. The second-order valence-electron chi connectivity index (χ2n) is 8.32. The minimum Gasteiger partial charge on any atom is -0.341 e. The number of nitrogens with zero attached hydrogens (tertiary/aromatic N) is 3. The molecular formula is C22H31N3O3S. The van der Waals surface area contributed by atoms with E-state index in [4.69, 9.17) is 0 Å². The third-order valence-corrected chi connectivity index (χ3v) is 8.23. The molecule has 0 bridgehead atoms. The van der Waals surface area contributed by atoms with Crippen LogP contribution in [0, 0.1) is 0 Å². The molecule has 1 atom stereocenters. The van der Waals surface area contributed by atoms with Gasteiger partial charge in [0.05, 0.1) is 4.90 Å². The van der Waals surface area contributed by atoms with Crippen LogP contribution in [-0.2, 0) is 14.8 Å². The molecule has 7 heteroatoms. The SMILES string of the molecule is C[C@@H](C(=O)N1CCCCC1)n1ccc2cc(S(=O)(=O)N3CCCCCC3)ccc21. The lowest BCUT2D eigenvalue weighted by Gasteiger charge is -2.30. The maximum absolute atomic E-state index is 13.1. The fraction of sp³-hybridized carbons (Fsp3) is 0.591. The van der Waals surface area contributed by atoms with Gasteiger partial charge in [0.25, 0.3) is 0 Å². The zero-order chi connectivity index (χ0) is 20.4. The van der Waals surface area contributed by atoms with Gasteiger partial charge in [-0.25, -0.2) is 8.42 Å². The van der Waals surface area contributed by atoms with E-state index in [1.165, 1.54) is 6.42 Å². The van der Waals surface area contributed by atoms with E-state index < -0.39 is 10.0 Å². The van der Waals surface area contributed by atoms with Gasteiger partial charge in [-0.3, -0.25) is 4.79 Å². The predicted octanol–water partition coefficient (Wildman–Crippen LogP) is 3.78. The summed E-state index contributed by atoms with van der Waals surface area (Å²) in [5, 5.41) is 0.860. The van der Waals surface area contributed by atoms with Crippen molar-refractivity contribution in [2.75, 3.05) is 26.2 Å². The lowest BCUT2D eigenvalue weighted by molar-refractivity contribution is -0.135. The van der Waals surface area contributed by atoms with Gasteiger partial charge in [0.1, 0.15) is 6.04 Å². The molecule has 0 N–H and O–H groups in total. The Hall–Kier alpha value is -1.86. The van der Waals surface area contributed by atoms with Crippen LogP contribution < -0.4 is 0 Å². The van der Waals surface area contributed by atoms with Gasteiger partial charge in [-0.15, -0.1) is 0 Å². The normalized spacial score (nSPS) is 20.5. The van der Waals surface area contributed by atoms with Gasteiger partial charge in [-0.1, -0.05) is 12.8 Å². The lowest BCUT2D eigenvalue weighted by Crippen LogP contribution is -2.39. The van der Waals surface area contributed by atoms with Gasteiger partial charge >= 0.3 is 0 Å². The van der Waals surface area contributed by atoms with Crippen molar-refractivity contribution in [2.45, 2.75) is 62.8 Å². The largest absolute Gasteiger partial charge is 0.341 e. The Balaban J connectivity index is 1.59. The van der Waals surface area contributed by atoms with E-state index in [-0.39, 0.29) is 11.9 Å². The minimum absolute atomic E-state index is 0.142. The number of carbonyl (C=O) groups excluding carboxylic acids is 1. The number of aromatic nitrogens is 1. The first-order valence-electron chi connectivity index (χ1n) is 10.9. The van der Waals surface area contributed by atoms with Gasteiger partial charge in [-0.05, 0) is 63.3 Å². The Morgan fingerprint density at radius 3 is 2.21 bits per heavy atom. The average molecular weight is 418 g/mol. The number of benzene rings is 1. The predicted molar refractivity (Wildman–Crippen MR) is 114 cm³/mol. The summed E-state index contributed by atoms with van der Waals surface area (Å²) in [5.41, 5.74) is 0.901. The highest BCUT2D eigenvalue weighted by Gasteiger charge is 2.27. The van der Waals surface area contributed by atoms with Crippen LogP contribution in [0.2, 0.25) is 0 Å². The highest BCUT2D eigenvalue weighted by Crippen LogP contribution is 2.27. The van der Waals surface area contributed by atoms with Crippen LogP contribution in [0.3, 0.4) is 0 Å². The summed E-state index contributed by atoms with van der Waals surface area (Å²) in [7, 11) is -3.47. The maximum Gasteiger partial charge on any atom is 0.245 e. The second kappa shape index (κ2) is 8.48.